The van der Waals surface area contributed by atoms with Gasteiger partial charge in [0.2, 0.25) is 5.95 Å². The number of carbonyl (C=O) groups excluding carboxylic acids is 1. The van der Waals surface area contributed by atoms with Crippen molar-refractivity contribution >= 4 is 41.7 Å². The highest BCUT2D eigenvalue weighted by atomic mass is 32.2. The number of aliphatic imine (C=N–C) groups is 1. The van der Waals surface area contributed by atoms with Crippen molar-refractivity contribution < 1.29 is 9.53 Å². The molecule has 0 spiro atoms. The molecule has 0 saturated carbocycles. The molecule has 0 amide bonds. The Morgan fingerprint density at radius 3 is 2.86 bits per heavy atom. The van der Waals surface area contributed by atoms with Gasteiger partial charge in [0, 0.05) is 7.05 Å². The molecule has 9 heteroatoms. The van der Waals surface area contributed by atoms with Gasteiger partial charge in [-0.25, -0.2) is 9.67 Å². The van der Waals surface area contributed by atoms with Gasteiger partial charge in [-0.15, -0.1) is 16.9 Å². The Kier molecular flexibility index (Phi) is 4.32. The van der Waals surface area contributed by atoms with Gasteiger partial charge in [-0.05, 0) is 19.0 Å². The second-order valence-electron chi connectivity index (χ2n) is 4.03. The van der Waals surface area contributed by atoms with Gasteiger partial charge in [0.1, 0.15) is 12.1 Å². The summed E-state index contributed by atoms with van der Waals surface area (Å²) in [6.07, 6.45) is 1.88. The van der Waals surface area contributed by atoms with Crippen molar-refractivity contribution in [3.05, 3.63) is 16.4 Å². The van der Waals surface area contributed by atoms with Crippen molar-refractivity contribution in [3.8, 4) is 0 Å². The highest BCUT2D eigenvalue weighted by Crippen LogP contribution is 2.32. The third-order valence-corrected chi connectivity index (χ3v) is 3.66. The molecule has 1 N–H and O–H groups in total. The molecule has 0 aliphatic rings. The lowest BCUT2D eigenvalue weighted by Gasteiger charge is -2.10. The molecule has 0 unspecified atom stereocenters. The Morgan fingerprint density at radius 2 is 2.33 bits per heavy atom. The van der Waals surface area contributed by atoms with Gasteiger partial charge in [0.15, 0.2) is 5.82 Å². The van der Waals surface area contributed by atoms with Crippen LogP contribution in [0.1, 0.15) is 0 Å². The van der Waals surface area contributed by atoms with Gasteiger partial charge in [-0.2, -0.15) is 0 Å². The standard InChI is InChI=1S/C12H15N5O3S/c1-13-10-8(21-4)5-7-11(19)16(6-9(18)20-3)15-12(14-2)17(7)10/h5H,1,6H2,2-4H3,(H,14,15). The number of carbonyl (C=O) groups is 1. The minimum Gasteiger partial charge on any atom is -0.468 e. The van der Waals surface area contributed by atoms with E-state index in [-0.39, 0.29) is 6.54 Å². The molecular formula is C12H15N5O3S. The van der Waals surface area contributed by atoms with Crippen LogP contribution in [-0.2, 0) is 16.1 Å². The molecule has 0 aliphatic carbocycles. The van der Waals surface area contributed by atoms with Gasteiger partial charge in [0.05, 0.1) is 12.0 Å². The Morgan fingerprint density at radius 1 is 1.62 bits per heavy atom. The zero-order chi connectivity index (χ0) is 15.6. The van der Waals surface area contributed by atoms with Crippen molar-refractivity contribution in [2.45, 2.75) is 11.4 Å². The lowest BCUT2D eigenvalue weighted by molar-refractivity contribution is -0.141. The third kappa shape index (κ3) is 2.51. The van der Waals surface area contributed by atoms with Crippen LogP contribution in [0, 0.1) is 0 Å². The molecule has 0 atom stereocenters. The number of aromatic nitrogens is 3. The summed E-state index contributed by atoms with van der Waals surface area (Å²) < 4.78 is 7.21. The van der Waals surface area contributed by atoms with Gasteiger partial charge >= 0.3 is 5.97 Å². The van der Waals surface area contributed by atoms with Gasteiger partial charge < -0.3 is 10.1 Å². The zero-order valence-corrected chi connectivity index (χ0v) is 12.7. The van der Waals surface area contributed by atoms with Crippen LogP contribution < -0.4 is 10.9 Å². The topological polar surface area (TPSA) is 90.0 Å². The summed E-state index contributed by atoms with van der Waals surface area (Å²) in [5, 5.41) is 7.01. The molecule has 2 aromatic heterocycles. The van der Waals surface area contributed by atoms with Crippen LogP contribution in [0.15, 0.2) is 20.7 Å². The van der Waals surface area contributed by atoms with E-state index in [0.717, 1.165) is 9.58 Å². The maximum absolute atomic E-state index is 12.4. The number of hydrogen-bond acceptors (Lipinski definition) is 7. The summed E-state index contributed by atoms with van der Waals surface area (Å²) in [5.74, 6) is 0.377. The largest absolute Gasteiger partial charge is 0.468 e. The van der Waals surface area contributed by atoms with Gasteiger partial charge in [-0.3, -0.25) is 14.0 Å². The van der Waals surface area contributed by atoms with E-state index in [9.17, 15) is 9.59 Å². The first kappa shape index (κ1) is 15.1. The Bertz CT molecular complexity index is 764. The summed E-state index contributed by atoms with van der Waals surface area (Å²) in [7, 11) is 2.92. The first-order valence-electron chi connectivity index (χ1n) is 5.99. The molecule has 0 bridgehead atoms. The fraction of sp³-hybridized carbons (Fsp3) is 0.333. The van der Waals surface area contributed by atoms with Crippen LogP contribution >= 0.6 is 11.8 Å². The monoisotopic (exact) mass is 309 g/mol. The molecule has 21 heavy (non-hydrogen) atoms. The summed E-state index contributed by atoms with van der Waals surface area (Å²) in [6.45, 7) is 3.28. The molecular weight excluding hydrogens is 294 g/mol. The lowest BCUT2D eigenvalue weighted by Crippen LogP contribution is -2.29. The Balaban J connectivity index is 2.78. The van der Waals surface area contributed by atoms with Crippen molar-refractivity contribution in [3.63, 3.8) is 0 Å². The zero-order valence-electron chi connectivity index (χ0n) is 11.9. The normalized spacial score (nSPS) is 10.6. The molecule has 2 aromatic rings. The first-order chi connectivity index (χ1) is 10.1. The SMILES string of the molecule is C=Nc1c(SC)cc2c(=O)n(CC(=O)OC)nc(NC)n12. The number of methoxy groups -OCH3 is 1. The fourth-order valence-electron chi connectivity index (χ4n) is 1.94. The molecule has 112 valence electrons. The van der Waals surface area contributed by atoms with Crippen molar-refractivity contribution in [1.82, 2.24) is 14.2 Å². The smallest absolute Gasteiger partial charge is 0.327 e. The minimum atomic E-state index is -0.547. The van der Waals surface area contributed by atoms with Crippen LogP contribution in [0.3, 0.4) is 0 Å². The number of esters is 1. The predicted octanol–water partition coefficient (Wildman–Crippen LogP) is 0.765. The molecule has 0 saturated heterocycles. The maximum Gasteiger partial charge on any atom is 0.327 e. The fourth-order valence-corrected chi connectivity index (χ4v) is 2.51. The number of nitrogens with zero attached hydrogens (tertiary/aromatic N) is 4. The second kappa shape index (κ2) is 6.00. The van der Waals surface area contributed by atoms with E-state index in [1.54, 1.807) is 17.5 Å². The highest BCUT2D eigenvalue weighted by Gasteiger charge is 2.18. The van der Waals surface area contributed by atoms with Gasteiger partial charge in [-0.1, -0.05) is 0 Å². The lowest BCUT2D eigenvalue weighted by atomic mass is 10.5. The van der Waals surface area contributed by atoms with E-state index in [2.05, 4.69) is 26.9 Å². The van der Waals surface area contributed by atoms with Crippen LogP contribution in [0.5, 0.6) is 0 Å². The molecule has 0 fully saturated rings. The van der Waals surface area contributed by atoms with E-state index in [1.807, 2.05) is 6.26 Å². The summed E-state index contributed by atoms with van der Waals surface area (Å²) in [5.41, 5.74) is -0.0328. The third-order valence-electron chi connectivity index (χ3n) is 2.92. The van der Waals surface area contributed by atoms with Crippen molar-refractivity contribution in [2.24, 2.45) is 4.99 Å². The maximum atomic E-state index is 12.4. The summed E-state index contributed by atoms with van der Waals surface area (Å²) >= 11 is 1.45. The van der Waals surface area contributed by atoms with E-state index < -0.39 is 11.5 Å². The van der Waals surface area contributed by atoms with Crippen LogP contribution in [0.4, 0.5) is 11.8 Å². The first-order valence-corrected chi connectivity index (χ1v) is 7.21. The quantitative estimate of drug-likeness (QED) is 0.498. The number of anilines is 1. The number of hydrogen-bond donors (Lipinski definition) is 1. The van der Waals surface area contributed by atoms with E-state index in [4.69, 9.17) is 0 Å². The molecule has 0 aliphatic heterocycles. The molecule has 8 nitrogen and oxygen atoms in total. The van der Waals surface area contributed by atoms with Crippen LogP contribution in [0.25, 0.3) is 5.52 Å². The molecule has 0 radical (unpaired) electrons. The second-order valence-corrected chi connectivity index (χ2v) is 4.88. The Labute approximate surface area is 124 Å². The average Bonchev–Trinajstić information content (AvgIpc) is 2.88. The highest BCUT2D eigenvalue weighted by molar-refractivity contribution is 7.98. The summed E-state index contributed by atoms with van der Waals surface area (Å²) in [4.78, 5) is 28.6. The van der Waals surface area contributed by atoms with E-state index in [0.29, 0.717) is 17.3 Å². The average molecular weight is 309 g/mol. The molecule has 2 heterocycles. The number of thioether (sulfide) groups is 1. The molecule has 2 rings (SSSR count). The van der Waals surface area contributed by atoms with E-state index >= 15 is 0 Å². The van der Waals surface area contributed by atoms with Crippen molar-refractivity contribution in [2.75, 3.05) is 25.7 Å². The van der Waals surface area contributed by atoms with Crippen LogP contribution in [-0.4, -0.2) is 47.3 Å². The number of rotatable bonds is 5. The van der Waals surface area contributed by atoms with Crippen molar-refractivity contribution in [1.29, 1.82) is 0 Å². The number of fused-ring (bicyclic) bond motifs is 1. The number of nitrogens with one attached hydrogen (secondary N) is 1. The van der Waals surface area contributed by atoms with Crippen LogP contribution in [0.2, 0.25) is 0 Å². The minimum absolute atomic E-state index is 0.253. The summed E-state index contributed by atoms with van der Waals surface area (Å²) in [6, 6.07) is 1.70. The molecule has 0 aromatic carbocycles. The van der Waals surface area contributed by atoms with E-state index in [1.165, 1.54) is 18.9 Å². The number of ether oxygens (including phenoxy) is 1. The Hall–Kier alpha value is -2.29. The van der Waals surface area contributed by atoms with Gasteiger partial charge in [0.25, 0.3) is 5.56 Å². The predicted molar refractivity (Wildman–Crippen MR) is 82.0 cm³/mol.